The van der Waals surface area contributed by atoms with Gasteiger partial charge in [0.25, 0.3) is 0 Å². The second kappa shape index (κ2) is 9.68. The summed E-state index contributed by atoms with van der Waals surface area (Å²) < 4.78 is 0. The zero-order chi connectivity index (χ0) is 21.0. The number of likely N-dealkylation sites (N-methyl/N-ethyl adjacent to an activating group) is 1. The summed E-state index contributed by atoms with van der Waals surface area (Å²) in [5.74, 6) is 1.39. The first-order valence-electron chi connectivity index (χ1n) is 10.5. The normalized spacial score (nSPS) is 16.9. The summed E-state index contributed by atoms with van der Waals surface area (Å²) in [6.07, 6.45) is 1.43. The summed E-state index contributed by atoms with van der Waals surface area (Å²) >= 11 is 6.11. The van der Waals surface area contributed by atoms with Crippen LogP contribution in [0, 0.1) is 13.8 Å². The van der Waals surface area contributed by atoms with Crippen molar-refractivity contribution >= 4 is 17.5 Å². The summed E-state index contributed by atoms with van der Waals surface area (Å²) in [4.78, 5) is 26.4. The summed E-state index contributed by atoms with van der Waals surface area (Å²) in [5.41, 5.74) is 4.07. The van der Waals surface area contributed by atoms with E-state index in [0.29, 0.717) is 12.3 Å². The van der Waals surface area contributed by atoms with Crippen LogP contribution in [0.25, 0.3) is 0 Å². The van der Waals surface area contributed by atoms with E-state index < -0.39 is 0 Å². The lowest BCUT2D eigenvalue weighted by Crippen LogP contribution is -2.32. The minimum absolute atomic E-state index is 0.145. The zero-order valence-corrected chi connectivity index (χ0v) is 18.7. The third-order valence-electron chi connectivity index (χ3n) is 5.81. The average Bonchev–Trinajstić information content (AvgIpc) is 3.14. The first-order chi connectivity index (χ1) is 13.9. The fourth-order valence-electron chi connectivity index (χ4n) is 4.12. The van der Waals surface area contributed by atoms with E-state index in [-0.39, 0.29) is 5.91 Å². The summed E-state index contributed by atoms with van der Waals surface area (Å²) in [5, 5.41) is 0.780. The van der Waals surface area contributed by atoms with Gasteiger partial charge in [0.2, 0.25) is 5.91 Å². The lowest BCUT2D eigenvalue weighted by atomic mass is 10.0. The van der Waals surface area contributed by atoms with Crippen LogP contribution < -0.4 is 0 Å². The molecule has 1 aromatic carbocycles. The van der Waals surface area contributed by atoms with Crippen molar-refractivity contribution in [2.75, 3.05) is 26.2 Å². The van der Waals surface area contributed by atoms with E-state index in [0.717, 1.165) is 66.9 Å². The molecule has 1 aromatic heterocycles. The number of rotatable bonds is 7. The fourth-order valence-corrected chi connectivity index (χ4v) is 4.34. The van der Waals surface area contributed by atoms with Crippen molar-refractivity contribution in [1.29, 1.82) is 0 Å². The minimum Gasteiger partial charge on any atom is -0.343 e. The highest BCUT2D eigenvalue weighted by Gasteiger charge is 2.27. The van der Waals surface area contributed by atoms with Crippen molar-refractivity contribution in [3.05, 3.63) is 57.6 Å². The van der Waals surface area contributed by atoms with Crippen LogP contribution in [0.1, 0.15) is 54.5 Å². The molecule has 1 atom stereocenters. The average molecular weight is 415 g/mol. The molecule has 6 heteroatoms. The molecular formula is C23H31ClN4O. The van der Waals surface area contributed by atoms with Gasteiger partial charge in [-0.2, -0.15) is 0 Å². The van der Waals surface area contributed by atoms with Crippen molar-refractivity contribution < 1.29 is 4.79 Å². The van der Waals surface area contributed by atoms with E-state index in [1.807, 2.05) is 50.8 Å². The van der Waals surface area contributed by atoms with E-state index >= 15 is 0 Å². The van der Waals surface area contributed by atoms with Gasteiger partial charge in [0.15, 0.2) is 0 Å². The van der Waals surface area contributed by atoms with Crippen molar-refractivity contribution in [2.24, 2.45) is 0 Å². The van der Waals surface area contributed by atoms with Gasteiger partial charge >= 0.3 is 0 Å². The molecule has 0 saturated carbocycles. The number of hydrogen-bond acceptors (Lipinski definition) is 4. The van der Waals surface area contributed by atoms with E-state index in [4.69, 9.17) is 21.6 Å². The zero-order valence-electron chi connectivity index (χ0n) is 17.9. The quantitative estimate of drug-likeness (QED) is 0.682. The molecule has 1 fully saturated rings. The molecular weight excluding hydrogens is 384 g/mol. The highest BCUT2D eigenvalue weighted by Crippen LogP contribution is 2.27. The minimum atomic E-state index is 0.145. The molecule has 2 aromatic rings. The Kier molecular flexibility index (Phi) is 7.25. The Labute approximate surface area is 179 Å². The maximum Gasteiger partial charge on any atom is 0.227 e. The van der Waals surface area contributed by atoms with Crippen LogP contribution in [-0.4, -0.2) is 51.9 Å². The predicted octanol–water partition coefficient (Wildman–Crippen LogP) is 4.15. The maximum absolute atomic E-state index is 12.5. The SMILES string of the molecule is CCN(CC)C(=O)Cc1c(C)nc(C2CCN(Cc3cccc(Cl)c3)C2)nc1C. The molecule has 1 aliphatic rings. The van der Waals surface area contributed by atoms with Gasteiger partial charge in [-0.05, 0) is 58.4 Å². The maximum atomic E-state index is 12.5. The number of likely N-dealkylation sites (tertiary alicyclic amines) is 1. The molecule has 156 valence electrons. The number of aryl methyl sites for hydroxylation is 2. The van der Waals surface area contributed by atoms with Gasteiger partial charge in [-0.25, -0.2) is 9.97 Å². The second-order valence-electron chi connectivity index (χ2n) is 7.82. The topological polar surface area (TPSA) is 49.3 Å². The number of hydrogen-bond donors (Lipinski definition) is 0. The third-order valence-corrected chi connectivity index (χ3v) is 6.05. The Morgan fingerprint density at radius 3 is 2.52 bits per heavy atom. The third kappa shape index (κ3) is 5.34. The first-order valence-corrected chi connectivity index (χ1v) is 10.9. The number of benzene rings is 1. The lowest BCUT2D eigenvalue weighted by Gasteiger charge is -2.20. The van der Waals surface area contributed by atoms with Crippen LogP contribution in [-0.2, 0) is 17.8 Å². The Balaban J connectivity index is 1.68. The van der Waals surface area contributed by atoms with Crippen molar-refractivity contribution in [3.63, 3.8) is 0 Å². The van der Waals surface area contributed by atoms with Crippen LogP contribution in [0.3, 0.4) is 0 Å². The van der Waals surface area contributed by atoms with Gasteiger partial charge in [-0.1, -0.05) is 23.7 Å². The molecule has 0 N–H and O–H groups in total. The lowest BCUT2D eigenvalue weighted by molar-refractivity contribution is -0.130. The smallest absolute Gasteiger partial charge is 0.227 e. The highest BCUT2D eigenvalue weighted by atomic mass is 35.5. The fraction of sp³-hybridized carbons (Fsp3) is 0.522. The summed E-state index contributed by atoms with van der Waals surface area (Å²) in [6.45, 7) is 12.4. The Morgan fingerprint density at radius 1 is 1.21 bits per heavy atom. The predicted molar refractivity (Wildman–Crippen MR) is 117 cm³/mol. The standard InChI is InChI=1S/C23H31ClN4O/c1-5-28(6-2)22(29)13-21-16(3)25-23(26-17(21)4)19-10-11-27(15-19)14-18-8-7-9-20(24)12-18/h7-9,12,19H,5-6,10-11,13-15H2,1-4H3. The molecule has 5 nitrogen and oxygen atoms in total. The van der Waals surface area contributed by atoms with Crippen LogP contribution in [0.2, 0.25) is 5.02 Å². The van der Waals surface area contributed by atoms with E-state index in [2.05, 4.69) is 11.0 Å². The number of carbonyl (C=O) groups is 1. The highest BCUT2D eigenvalue weighted by molar-refractivity contribution is 6.30. The molecule has 0 aliphatic carbocycles. The van der Waals surface area contributed by atoms with Crippen LogP contribution in [0.4, 0.5) is 0 Å². The van der Waals surface area contributed by atoms with E-state index in [1.165, 1.54) is 5.56 Å². The molecule has 2 heterocycles. The van der Waals surface area contributed by atoms with Gasteiger partial charge in [0.05, 0.1) is 6.42 Å². The molecule has 1 aliphatic heterocycles. The number of halogens is 1. The molecule has 29 heavy (non-hydrogen) atoms. The van der Waals surface area contributed by atoms with Crippen LogP contribution in [0.5, 0.6) is 0 Å². The van der Waals surface area contributed by atoms with Gasteiger partial charge in [-0.3, -0.25) is 9.69 Å². The van der Waals surface area contributed by atoms with Gasteiger partial charge in [-0.15, -0.1) is 0 Å². The number of amides is 1. The monoisotopic (exact) mass is 414 g/mol. The second-order valence-corrected chi connectivity index (χ2v) is 8.26. The molecule has 0 radical (unpaired) electrons. The van der Waals surface area contributed by atoms with Crippen molar-refractivity contribution in [2.45, 2.75) is 53.0 Å². The van der Waals surface area contributed by atoms with Crippen LogP contribution in [0.15, 0.2) is 24.3 Å². The van der Waals surface area contributed by atoms with Crippen LogP contribution >= 0.6 is 11.6 Å². The largest absolute Gasteiger partial charge is 0.343 e. The van der Waals surface area contributed by atoms with Gasteiger partial charge < -0.3 is 4.90 Å². The van der Waals surface area contributed by atoms with Crippen molar-refractivity contribution in [1.82, 2.24) is 19.8 Å². The number of aromatic nitrogens is 2. The number of nitrogens with zero attached hydrogens (tertiary/aromatic N) is 4. The van der Waals surface area contributed by atoms with Gasteiger partial charge in [0.1, 0.15) is 5.82 Å². The Bertz CT molecular complexity index is 843. The molecule has 1 saturated heterocycles. The first kappa shape index (κ1) is 21.7. The molecule has 3 rings (SSSR count). The molecule has 0 spiro atoms. The molecule has 1 amide bonds. The Hall–Kier alpha value is -1.98. The van der Waals surface area contributed by atoms with E-state index in [9.17, 15) is 4.79 Å². The summed E-state index contributed by atoms with van der Waals surface area (Å²) in [7, 11) is 0. The molecule has 1 unspecified atom stereocenters. The molecule has 0 bridgehead atoms. The number of carbonyl (C=O) groups excluding carboxylic acids is 1. The van der Waals surface area contributed by atoms with E-state index in [1.54, 1.807) is 0 Å². The summed E-state index contributed by atoms with van der Waals surface area (Å²) in [6, 6.07) is 8.05. The van der Waals surface area contributed by atoms with Crippen molar-refractivity contribution in [3.8, 4) is 0 Å². The Morgan fingerprint density at radius 2 is 1.90 bits per heavy atom. The van der Waals surface area contributed by atoms with Gasteiger partial charge in [0, 0.05) is 54.1 Å².